The van der Waals surface area contributed by atoms with Gasteiger partial charge in [0.15, 0.2) is 6.10 Å². The summed E-state index contributed by atoms with van der Waals surface area (Å²) in [6, 6.07) is 14.9. The number of para-hydroxylation sites is 1. The lowest BCUT2D eigenvalue weighted by Crippen LogP contribution is -2.37. The molecule has 1 aliphatic heterocycles. The molecule has 2 heterocycles. The van der Waals surface area contributed by atoms with Crippen LogP contribution < -0.4 is 10.1 Å². The zero-order valence-corrected chi connectivity index (χ0v) is 19.4. The number of methoxy groups -OCH3 is 1. The standard InChI is InChI=1S/C26H29N3O4/c1-16(2)29-14-13-23-21(15-29)24(20-7-5-6-8-22(20)28-23)26(31)33-17(3)25(30)27-18-9-11-19(32-4)12-10-18/h5-12,16-17H,13-15H2,1-4H3,(H,27,30). The second-order valence-electron chi connectivity index (χ2n) is 8.51. The molecule has 33 heavy (non-hydrogen) atoms. The first-order valence-electron chi connectivity index (χ1n) is 11.2. The Morgan fingerprint density at radius 1 is 1.06 bits per heavy atom. The van der Waals surface area contributed by atoms with Gasteiger partial charge in [-0.1, -0.05) is 18.2 Å². The smallest absolute Gasteiger partial charge is 0.339 e. The van der Waals surface area contributed by atoms with E-state index in [1.54, 1.807) is 38.3 Å². The molecule has 0 radical (unpaired) electrons. The van der Waals surface area contributed by atoms with Gasteiger partial charge in [-0.25, -0.2) is 4.79 Å². The Balaban J connectivity index is 1.59. The molecule has 0 saturated heterocycles. The molecule has 0 bridgehead atoms. The molecule has 1 aliphatic rings. The number of nitrogens with one attached hydrogen (secondary N) is 1. The summed E-state index contributed by atoms with van der Waals surface area (Å²) in [4.78, 5) is 33.2. The van der Waals surface area contributed by atoms with Crippen LogP contribution in [0.25, 0.3) is 10.9 Å². The number of anilines is 1. The average Bonchev–Trinajstić information content (AvgIpc) is 2.82. The molecule has 0 saturated carbocycles. The van der Waals surface area contributed by atoms with E-state index in [9.17, 15) is 9.59 Å². The number of benzene rings is 2. The number of esters is 1. The first kappa shape index (κ1) is 22.7. The van der Waals surface area contributed by atoms with Crippen molar-refractivity contribution in [1.82, 2.24) is 9.88 Å². The minimum Gasteiger partial charge on any atom is -0.497 e. The highest BCUT2D eigenvalue weighted by Gasteiger charge is 2.29. The Labute approximate surface area is 193 Å². The van der Waals surface area contributed by atoms with Crippen molar-refractivity contribution in [3.8, 4) is 5.75 Å². The van der Waals surface area contributed by atoms with Gasteiger partial charge in [0.1, 0.15) is 5.75 Å². The maximum absolute atomic E-state index is 13.4. The third-order valence-electron chi connectivity index (χ3n) is 6.02. The molecule has 0 spiro atoms. The summed E-state index contributed by atoms with van der Waals surface area (Å²) in [7, 11) is 1.58. The average molecular weight is 448 g/mol. The van der Waals surface area contributed by atoms with Gasteiger partial charge in [-0.2, -0.15) is 0 Å². The van der Waals surface area contributed by atoms with E-state index in [2.05, 4.69) is 24.1 Å². The van der Waals surface area contributed by atoms with Crippen LogP contribution in [0.15, 0.2) is 48.5 Å². The zero-order valence-electron chi connectivity index (χ0n) is 19.4. The summed E-state index contributed by atoms with van der Waals surface area (Å²) in [5.41, 5.74) is 3.68. The van der Waals surface area contributed by atoms with Gasteiger partial charge in [-0.15, -0.1) is 0 Å². The van der Waals surface area contributed by atoms with Crippen LogP contribution in [0, 0.1) is 0 Å². The molecule has 7 heteroatoms. The minimum atomic E-state index is -0.966. The lowest BCUT2D eigenvalue weighted by atomic mass is 9.95. The van der Waals surface area contributed by atoms with E-state index in [1.807, 2.05) is 24.3 Å². The maximum Gasteiger partial charge on any atom is 0.339 e. The number of carbonyl (C=O) groups excluding carboxylic acids is 2. The minimum absolute atomic E-state index is 0.350. The monoisotopic (exact) mass is 447 g/mol. The number of carbonyl (C=O) groups is 2. The number of aromatic nitrogens is 1. The molecular formula is C26H29N3O4. The number of rotatable bonds is 6. The molecule has 0 fully saturated rings. The van der Waals surface area contributed by atoms with Crippen LogP contribution in [0.1, 0.15) is 42.4 Å². The Morgan fingerprint density at radius 2 is 1.79 bits per heavy atom. The number of nitrogens with zero attached hydrogens (tertiary/aromatic N) is 2. The summed E-state index contributed by atoms with van der Waals surface area (Å²) in [5.74, 6) is -0.213. The van der Waals surface area contributed by atoms with Crippen LogP contribution in [-0.2, 0) is 22.5 Å². The number of ether oxygens (including phenoxy) is 2. The number of hydrogen-bond donors (Lipinski definition) is 1. The van der Waals surface area contributed by atoms with E-state index in [0.717, 1.165) is 35.1 Å². The number of fused-ring (bicyclic) bond motifs is 2. The molecule has 172 valence electrons. The van der Waals surface area contributed by atoms with Crippen LogP contribution in [0.4, 0.5) is 5.69 Å². The second-order valence-corrected chi connectivity index (χ2v) is 8.51. The number of hydrogen-bond acceptors (Lipinski definition) is 6. The van der Waals surface area contributed by atoms with Crippen molar-refractivity contribution in [2.45, 2.75) is 45.9 Å². The SMILES string of the molecule is COc1ccc(NC(=O)C(C)OC(=O)c2c3c(nc4ccccc24)CCN(C(C)C)C3)cc1. The first-order valence-corrected chi connectivity index (χ1v) is 11.2. The van der Waals surface area contributed by atoms with Crippen LogP contribution in [0.5, 0.6) is 5.75 Å². The molecule has 2 aromatic carbocycles. The highest BCUT2D eigenvalue weighted by molar-refractivity contribution is 6.06. The maximum atomic E-state index is 13.4. The van der Waals surface area contributed by atoms with Gasteiger partial charge in [0.25, 0.3) is 5.91 Å². The normalized spacial score (nSPS) is 14.6. The van der Waals surface area contributed by atoms with Gasteiger partial charge >= 0.3 is 5.97 Å². The van der Waals surface area contributed by atoms with Crippen molar-refractivity contribution in [3.05, 3.63) is 65.4 Å². The summed E-state index contributed by atoms with van der Waals surface area (Å²) < 4.78 is 10.8. The molecular weight excluding hydrogens is 418 g/mol. The molecule has 0 aliphatic carbocycles. The molecule has 1 aromatic heterocycles. The van der Waals surface area contributed by atoms with E-state index in [-0.39, 0.29) is 0 Å². The fourth-order valence-corrected chi connectivity index (χ4v) is 4.08. The highest BCUT2D eigenvalue weighted by atomic mass is 16.5. The second kappa shape index (κ2) is 9.58. The van der Waals surface area contributed by atoms with Crippen molar-refractivity contribution >= 4 is 28.5 Å². The van der Waals surface area contributed by atoms with E-state index in [1.165, 1.54) is 0 Å². The van der Waals surface area contributed by atoms with Crippen LogP contribution in [0.3, 0.4) is 0 Å². The fraction of sp³-hybridized carbons (Fsp3) is 0.346. The quantitative estimate of drug-likeness (QED) is 0.571. The Bertz CT molecular complexity index is 1170. The van der Waals surface area contributed by atoms with Crippen molar-refractivity contribution in [1.29, 1.82) is 0 Å². The largest absolute Gasteiger partial charge is 0.497 e. The van der Waals surface area contributed by atoms with Gasteiger partial charge in [0.2, 0.25) is 0 Å². The third kappa shape index (κ3) is 4.83. The summed E-state index contributed by atoms with van der Waals surface area (Å²) in [6.45, 7) is 7.38. The van der Waals surface area contributed by atoms with Crippen LogP contribution >= 0.6 is 0 Å². The molecule has 3 aromatic rings. The van der Waals surface area contributed by atoms with E-state index in [4.69, 9.17) is 14.5 Å². The predicted molar refractivity (Wildman–Crippen MR) is 127 cm³/mol. The van der Waals surface area contributed by atoms with Crippen molar-refractivity contribution < 1.29 is 19.1 Å². The number of pyridine rings is 1. The van der Waals surface area contributed by atoms with Crippen LogP contribution in [-0.4, -0.2) is 47.6 Å². The van der Waals surface area contributed by atoms with E-state index in [0.29, 0.717) is 29.6 Å². The third-order valence-corrected chi connectivity index (χ3v) is 6.02. The topological polar surface area (TPSA) is 80.8 Å². The van der Waals surface area contributed by atoms with Gasteiger partial charge < -0.3 is 14.8 Å². The van der Waals surface area contributed by atoms with Crippen molar-refractivity contribution in [2.75, 3.05) is 19.0 Å². The van der Waals surface area contributed by atoms with E-state index >= 15 is 0 Å². The van der Waals surface area contributed by atoms with Crippen LogP contribution in [0.2, 0.25) is 0 Å². The Hall–Kier alpha value is -3.45. The van der Waals surface area contributed by atoms with Crippen molar-refractivity contribution in [3.63, 3.8) is 0 Å². The molecule has 7 nitrogen and oxygen atoms in total. The van der Waals surface area contributed by atoms with Crippen molar-refractivity contribution in [2.24, 2.45) is 0 Å². The zero-order chi connectivity index (χ0) is 23.5. The first-order chi connectivity index (χ1) is 15.9. The molecule has 1 N–H and O–H groups in total. The molecule has 1 atom stereocenters. The highest BCUT2D eigenvalue weighted by Crippen LogP contribution is 2.30. The van der Waals surface area contributed by atoms with Gasteiger partial charge in [0, 0.05) is 47.9 Å². The summed E-state index contributed by atoms with van der Waals surface area (Å²) >= 11 is 0. The number of amides is 1. The van der Waals surface area contributed by atoms with Gasteiger partial charge in [-0.3, -0.25) is 14.7 Å². The lowest BCUT2D eigenvalue weighted by Gasteiger charge is -2.32. The Morgan fingerprint density at radius 3 is 2.48 bits per heavy atom. The molecule has 1 unspecified atom stereocenters. The lowest BCUT2D eigenvalue weighted by molar-refractivity contribution is -0.123. The molecule has 4 rings (SSSR count). The summed E-state index contributed by atoms with van der Waals surface area (Å²) in [6.07, 6.45) is -0.196. The fourth-order valence-electron chi connectivity index (χ4n) is 4.08. The van der Waals surface area contributed by atoms with Gasteiger partial charge in [0.05, 0.1) is 18.2 Å². The predicted octanol–water partition coefficient (Wildman–Crippen LogP) is 4.19. The summed E-state index contributed by atoms with van der Waals surface area (Å²) in [5, 5.41) is 3.52. The van der Waals surface area contributed by atoms with E-state index < -0.39 is 18.0 Å². The molecule has 1 amide bonds. The Kier molecular flexibility index (Phi) is 6.60. The van der Waals surface area contributed by atoms with Gasteiger partial charge in [-0.05, 0) is 51.1 Å².